The molecule has 0 radical (unpaired) electrons. The molecule has 0 N–H and O–H groups in total. The van der Waals surface area contributed by atoms with Crippen molar-refractivity contribution < 1.29 is 37.1 Å². The van der Waals surface area contributed by atoms with Crippen molar-refractivity contribution in [3.8, 4) is 5.75 Å². The lowest BCUT2D eigenvalue weighted by molar-refractivity contribution is -0.505. The van der Waals surface area contributed by atoms with Crippen LogP contribution < -0.4 is 4.74 Å². The molecule has 1 aromatic carbocycles. The van der Waals surface area contributed by atoms with Gasteiger partial charge in [-0.05, 0) is 38.5 Å². The fraction of sp³-hybridized carbons (Fsp3) is 0.500. The van der Waals surface area contributed by atoms with Gasteiger partial charge in [-0.3, -0.25) is 19.7 Å². The fourth-order valence-electron chi connectivity index (χ4n) is 3.63. The van der Waals surface area contributed by atoms with Gasteiger partial charge in [-0.2, -0.15) is 0 Å². The minimum Gasteiger partial charge on any atom is -0.497 e. The summed E-state index contributed by atoms with van der Waals surface area (Å²) in [6.45, 7) is 4.32. The summed E-state index contributed by atoms with van der Waals surface area (Å²) >= 11 is 0. The van der Waals surface area contributed by atoms with E-state index >= 15 is 0 Å². The van der Waals surface area contributed by atoms with Crippen LogP contribution in [0, 0.1) is 16.0 Å². The van der Waals surface area contributed by atoms with Gasteiger partial charge in [-0.25, -0.2) is 8.42 Å². The zero-order valence-corrected chi connectivity index (χ0v) is 18.5. The van der Waals surface area contributed by atoms with Crippen molar-refractivity contribution in [1.82, 2.24) is 0 Å². The van der Waals surface area contributed by atoms with Gasteiger partial charge in [0, 0.05) is 16.4 Å². The Bertz CT molecular complexity index is 964. The quantitative estimate of drug-likeness (QED) is 0.236. The van der Waals surface area contributed by atoms with Crippen molar-refractivity contribution in [3.63, 3.8) is 0 Å². The first-order valence-electron chi connectivity index (χ1n) is 9.63. The van der Waals surface area contributed by atoms with Crippen molar-refractivity contribution in [1.29, 1.82) is 0 Å². The number of nitrogens with zero attached hydrogens (tertiary/aromatic N) is 1. The maximum atomic E-state index is 13.0. The third kappa shape index (κ3) is 5.04. The molecule has 0 aromatic heterocycles. The molecule has 0 unspecified atom stereocenters. The number of carbonyl (C=O) groups excluding carboxylic acids is 2. The SMILES string of the molecule is CCOC(=O)C(C(=O)OCC)[C@H](C1=C(C)[C@H]([N+](=O)[O-])CS1(=O)=O)c1ccc(OC)cc1. The van der Waals surface area contributed by atoms with Crippen LogP contribution >= 0.6 is 0 Å². The van der Waals surface area contributed by atoms with Crippen LogP contribution in [-0.2, 0) is 28.9 Å². The number of allylic oxidation sites excluding steroid dienone is 1. The van der Waals surface area contributed by atoms with E-state index in [1.807, 2.05) is 0 Å². The summed E-state index contributed by atoms with van der Waals surface area (Å²) in [6, 6.07) is 4.62. The van der Waals surface area contributed by atoms with E-state index in [0.717, 1.165) is 0 Å². The van der Waals surface area contributed by atoms with Gasteiger partial charge in [-0.15, -0.1) is 0 Å². The van der Waals surface area contributed by atoms with Crippen LogP contribution in [0.15, 0.2) is 34.7 Å². The van der Waals surface area contributed by atoms with E-state index in [0.29, 0.717) is 5.75 Å². The van der Waals surface area contributed by atoms with Crippen molar-refractivity contribution >= 4 is 21.8 Å². The Labute approximate surface area is 180 Å². The number of esters is 2. The third-order valence-electron chi connectivity index (χ3n) is 5.03. The van der Waals surface area contributed by atoms with Crippen LogP contribution in [0.25, 0.3) is 0 Å². The molecule has 170 valence electrons. The van der Waals surface area contributed by atoms with Gasteiger partial charge >= 0.3 is 11.9 Å². The van der Waals surface area contributed by atoms with Crippen molar-refractivity contribution in [2.75, 3.05) is 26.1 Å². The highest BCUT2D eigenvalue weighted by Gasteiger charge is 2.51. The first-order valence-corrected chi connectivity index (χ1v) is 11.3. The summed E-state index contributed by atoms with van der Waals surface area (Å²) in [7, 11) is -2.70. The molecule has 1 aromatic rings. The monoisotopic (exact) mass is 455 g/mol. The Kier molecular flexibility index (Phi) is 7.77. The highest BCUT2D eigenvalue weighted by Crippen LogP contribution is 2.43. The maximum Gasteiger partial charge on any atom is 0.321 e. The molecule has 0 saturated carbocycles. The van der Waals surface area contributed by atoms with Gasteiger partial charge in [-0.1, -0.05) is 12.1 Å². The number of ether oxygens (including phenoxy) is 3. The van der Waals surface area contributed by atoms with Crippen LogP contribution in [0.5, 0.6) is 5.75 Å². The molecule has 2 atom stereocenters. The molecule has 1 aliphatic rings. The van der Waals surface area contributed by atoms with Crippen LogP contribution in [0.4, 0.5) is 0 Å². The van der Waals surface area contributed by atoms with E-state index in [1.54, 1.807) is 13.8 Å². The zero-order chi connectivity index (χ0) is 23.3. The normalized spacial score (nSPS) is 18.5. The molecule has 0 bridgehead atoms. The summed E-state index contributed by atoms with van der Waals surface area (Å²) in [5, 5.41) is 11.4. The summed E-state index contributed by atoms with van der Waals surface area (Å²) in [6.07, 6.45) is 0. The molecule has 31 heavy (non-hydrogen) atoms. The Hall–Kier alpha value is -2.95. The molecule has 0 saturated heterocycles. The molecule has 0 spiro atoms. The Balaban J connectivity index is 2.79. The number of hydrogen-bond donors (Lipinski definition) is 0. The maximum absolute atomic E-state index is 13.0. The lowest BCUT2D eigenvalue weighted by atomic mass is 9.83. The Morgan fingerprint density at radius 2 is 1.65 bits per heavy atom. The van der Waals surface area contributed by atoms with E-state index in [2.05, 4.69) is 0 Å². The van der Waals surface area contributed by atoms with Gasteiger partial charge < -0.3 is 14.2 Å². The molecule has 2 rings (SSSR count). The predicted molar refractivity (Wildman–Crippen MR) is 110 cm³/mol. The first kappa shape index (κ1) is 24.3. The molecule has 0 aliphatic carbocycles. The van der Waals surface area contributed by atoms with Crippen LogP contribution in [0.3, 0.4) is 0 Å². The van der Waals surface area contributed by atoms with Gasteiger partial charge in [0.25, 0.3) is 0 Å². The molecular formula is C20H25NO9S. The molecule has 0 amide bonds. The second kappa shape index (κ2) is 9.90. The minimum atomic E-state index is -4.14. The fourth-order valence-corrected chi connectivity index (χ4v) is 5.88. The van der Waals surface area contributed by atoms with Crippen molar-refractivity contribution in [3.05, 3.63) is 50.4 Å². The molecule has 11 heteroatoms. The van der Waals surface area contributed by atoms with Gasteiger partial charge in [0.05, 0.1) is 25.2 Å². The first-order chi connectivity index (χ1) is 14.6. The molecule has 0 fully saturated rings. The van der Waals surface area contributed by atoms with Gasteiger partial charge in [0.15, 0.2) is 15.8 Å². The average Bonchev–Trinajstić information content (AvgIpc) is 2.95. The Morgan fingerprint density at radius 1 is 1.13 bits per heavy atom. The number of benzene rings is 1. The standard InChI is InChI=1S/C20H25NO9S/c1-5-29-19(22)17(20(23)30-6-2)16(13-7-9-14(28-4)10-8-13)18-12(3)15(21(24)25)11-31(18,26)27/h7-10,15-17H,5-6,11H2,1-4H3/t15-,16-/m1/s1. The molecule has 1 aliphatic heterocycles. The second-order valence-corrected chi connectivity index (χ2v) is 8.87. The van der Waals surface area contributed by atoms with E-state index in [9.17, 15) is 28.1 Å². The third-order valence-corrected chi connectivity index (χ3v) is 7.03. The van der Waals surface area contributed by atoms with Crippen LogP contribution in [0.1, 0.15) is 32.3 Å². The number of methoxy groups -OCH3 is 1. The lowest BCUT2D eigenvalue weighted by Gasteiger charge is -2.26. The van der Waals surface area contributed by atoms with Crippen molar-refractivity contribution in [2.24, 2.45) is 5.92 Å². The largest absolute Gasteiger partial charge is 0.497 e. The molecular weight excluding hydrogens is 430 g/mol. The zero-order valence-electron chi connectivity index (χ0n) is 17.7. The van der Waals surface area contributed by atoms with Crippen molar-refractivity contribution in [2.45, 2.75) is 32.7 Å². The highest BCUT2D eigenvalue weighted by atomic mass is 32.2. The molecule has 1 heterocycles. The molecule has 10 nitrogen and oxygen atoms in total. The van der Waals surface area contributed by atoms with E-state index in [1.165, 1.54) is 38.3 Å². The predicted octanol–water partition coefficient (Wildman–Crippen LogP) is 1.87. The van der Waals surface area contributed by atoms with Gasteiger partial charge in [0.2, 0.25) is 6.04 Å². The Morgan fingerprint density at radius 3 is 2.03 bits per heavy atom. The number of rotatable bonds is 9. The summed E-state index contributed by atoms with van der Waals surface area (Å²) in [5.74, 6) is -5.22. The van der Waals surface area contributed by atoms with E-state index in [4.69, 9.17) is 14.2 Å². The number of carbonyl (C=O) groups is 2. The smallest absolute Gasteiger partial charge is 0.321 e. The highest BCUT2D eigenvalue weighted by molar-refractivity contribution is 7.95. The average molecular weight is 455 g/mol. The number of nitro groups is 1. The van der Waals surface area contributed by atoms with E-state index in [-0.39, 0.29) is 29.3 Å². The van der Waals surface area contributed by atoms with Gasteiger partial charge in [0.1, 0.15) is 11.5 Å². The summed E-state index contributed by atoms with van der Waals surface area (Å²) in [5.41, 5.74) is 0.262. The topological polar surface area (TPSA) is 139 Å². The van der Waals surface area contributed by atoms with Crippen LogP contribution in [-0.4, -0.2) is 57.4 Å². The van der Waals surface area contributed by atoms with Crippen LogP contribution in [0.2, 0.25) is 0 Å². The number of sulfone groups is 1. The lowest BCUT2D eigenvalue weighted by Crippen LogP contribution is -2.35. The second-order valence-electron chi connectivity index (χ2n) is 6.86. The summed E-state index contributed by atoms with van der Waals surface area (Å²) < 4.78 is 41.2. The number of hydrogen-bond acceptors (Lipinski definition) is 9. The summed E-state index contributed by atoms with van der Waals surface area (Å²) in [4.78, 5) is 36.0. The van der Waals surface area contributed by atoms with E-state index < -0.39 is 50.3 Å². The minimum absolute atomic E-state index is 0.0237.